The summed E-state index contributed by atoms with van der Waals surface area (Å²) in [6, 6.07) is 109. The Balaban J connectivity index is 0.00000298. The molecule has 0 spiro atoms. The third kappa shape index (κ3) is 8.78. The Hall–Kier alpha value is -10.3. The average molecular weight is 1070 g/mol. The monoisotopic (exact) mass is 1070 g/mol. The maximum absolute atomic E-state index is 9.19. The lowest BCUT2D eigenvalue weighted by Crippen LogP contribution is -2.28. The highest BCUT2D eigenvalue weighted by Crippen LogP contribution is 2.57. The first-order valence-corrected chi connectivity index (χ1v) is 27.8. The molecule has 4 nitrogen and oxygen atoms in total. The number of thiol groups is 1. The molecule has 12 aromatic carbocycles. The maximum atomic E-state index is 9.19. The molecule has 0 saturated carbocycles. The van der Waals surface area contributed by atoms with Crippen LogP contribution in [0.5, 0.6) is 0 Å². The van der Waals surface area contributed by atoms with Crippen molar-refractivity contribution >= 4 is 34.8 Å². The zero-order valence-electron chi connectivity index (χ0n) is 44.5. The molecule has 388 valence electrons. The summed E-state index contributed by atoms with van der Waals surface area (Å²) in [6.07, 6.45) is 0. The van der Waals surface area contributed by atoms with Crippen LogP contribution in [0.4, 0.5) is 3.89 Å². The normalized spacial score (nSPS) is 12.1. The van der Waals surface area contributed by atoms with Gasteiger partial charge in [-0.25, -0.2) is 4.98 Å². The van der Waals surface area contributed by atoms with Crippen LogP contribution in [-0.4, -0.2) is 19.5 Å². The van der Waals surface area contributed by atoms with E-state index in [4.69, 9.17) is 15.0 Å². The van der Waals surface area contributed by atoms with Crippen LogP contribution in [0, 0.1) is 0 Å². The minimum atomic E-state index is -0.628. The third-order valence-electron chi connectivity index (χ3n) is 16.1. The van der Waals surface area contributed by atoms with Crippen molar-refractivity contribution in [3.05, 3.63) is 326 Å². The smallest absolute Gasteiger partial charge is 0.238 e. The predicted molar refractivity (Wildman–Crippen MR) is 340 cm³/mol. The molecule has 15 rings (SSSR count). The van der Waals surface area contributed by atoms with Gasteiger partial charge in [0.15, 0.2) is 11.6 Å². The number of halogens is 1. The van der Waals surface area contributed by atoms with Gasteiger partial charge in [0.1, 0.15) is 0 Å². The van der Waals surface area contributed by atoms with Gasteiger partial charge in [-0.05, 0) is 131 Å². The van der Waals surface area contributed by atoms with Gasteiger partial charge in [0, 0.05) is 34.9 Å². The van der Waals surface area contributed by atoms with E-state index >= 15 is 0 Å². The van der Waals surface area contributed by atoms with E-state index in [1.807, 2.05) is 13.0 Å². The molecule has 6 heteroatoms. The minimum Gasteiger partial charge on any atom is -0.278 e. The lowest BCUT2D eigenvalue weighted by Gasteiger charge is -2.34. The molecule has 2 aromatic heterocycles. The molecule has 0 N–H and O–H groups in total. The number of hydrogen-bond acceptors (Lipinski definition) is 4. The van der Waals surface area contributed by atoms with Crippen LogP contribution in [0.2, 0.25) is 0 Å². The Labute approximate surface area is 481 Å². The second-order valence-electron chi connectivity index (χ2n) is 20.7. The maximum Gasteiger partial charge on any atom is 0.238 e. The van der Waals surface area contributed by atoms with Crippen LogP contribution in [0.15, 0.2) is 303 Å². The highest BCUT2D eigenvalue weighted by molar-refractivity contribution is 7.74. The van der Waals surface area contributed by atoms with E-state index in [0.29, 0.717) is 17.6 Å². The SMILES string of the molecule is FS.c1ccc(-c2ccc(-c3nc(-c4ccc(-c5ccccc5)cc4)nc(-n4c5ccc(-c6cc(-c7ccccc7)cc(-c7ccccc7)c6)cc5c5cc6c(cc54)C(c4ccccc4)(c4ccccc4)c4ccccc4-6)n3)cc2)cc1. The van der Waals surface area contributed by atoms with Crippen LogP contribution in [0.25, 0.3) is 117 Å². The van der Waals surface area contributed by atoms with Gasteiger partial charge < -0.3 is 0 Å². The van der Waals surface area contributed by atoms with E-state index in [-0.39, 0.29) is 0 Å². The summed E-state index contributed by atoms with van der Waals surface area (Å²) in [5.74, 6) is 1.71. The fraction of sp³-hybridized carbons (Fsp3) is 0.0132. The molecule has 0 unspecified atom stereocenters. The lowest BCUT2D eigenvalue weighted by molar-refractivity contribution is 0.769. The number of nitrogens with zero attached hydrogens (tertiary/aromatic N) is 4. The van der Waals surface area contributed by atoms with Crippen molar-refractivity contribution in [2.45, 2.75) is 5.41 Å². The number of aromatic nitrogens is 4. The summed E-state index contributed by atoms with van der Waals surface area (Å²) in [7, 11) is 0. The molecule has 0 fully saturated rings. The van der Waals surface area contributed by atoms with E-state index in [2.05, 4.69) is 308 Å². The minimum absolute atomic E-state index is 0.537. The van der Waals surface area contributed by atoms with E-state index < -0.39 is 5.41 Å². The zero-order valence-corrected chi connectivity index (χ0v) is 45.4. The standard InChI is InChI=1S/C76H50N4.FHS/c1-7-21-51(22-8-1)55-35-39-57(40-36-55)73-77-74(58-41-37-56(38-42-58)52-23-9-2-10-24-52)79-75(78-73)80-71-44-43-59(62-46-60(53-25-11-3-12-26-53)45-61(47-62)54-27-13-4-14-28-54)48-67(71)68-49-66-65-33-19-20-34-69(65)76(70(66)50-72(68)80,63-29-15-5-16-30-63)64-31-17-6-18-32-64;1-2/h1-50H;2H. The van der Waals surface area contributed by atoms with Crippen molar-refractivity contribution < 1.29 is 3.89 Å². The molecule has 0 atom stereocenters. The summed E-state index contributed by atoms with van der Waals surface area (Å²) >= 11 is 2.03. The second-order valence-corrected chi connectivity index (χ2v) is 20.7. The van der Waals surface area contributed by atoms with Gasteiger partial charge in [-0.1, -0.05) is 261 Å². The number of hydrogen-bond donors (Lipinski definition) is 1. The molecule has 2 heterocycles. The molecular weight excluding hydrogens is 1020 g/mol. The van der Waals surface area contributed by atoms with Gasteiger partial charge in [-0.2, -0.15) is 13.9 Å². The number of fused-ring (bicyclic) bond motifs is 6. The first-order chi connectivity index (χ1) is 40.6. The molecule has 1 aliphatic rings. The Morgan fingerprint density at radius 3 is 1.11 bits per heavy atom. The predicted octanol–water partition coefficient (Wildman–Crippen LogP) is 19.8. The summed E-state index contributed by atoms with van der Waals surface area (Å²) in [5, 5.41) is 2.21. The summed E-state index contributed by atoms with van der Waals surface area (Å²) < 4.78 is 11.5. The van der Waals surface area contributed by atoms with Crippen molar-refractivity contribution in [2.24, 2.45) is 0 Å². The van der Waals surface area contributed by atoms with Gasteiger partial charge in [-0.3, -0.25) is 4.57 Å². The fourth-order valence-electron chi connectivity index (χ4n) is 12.3. The first-order valence-electron chi connectivity index (χ1n) is 27.5. The van der Waals surface area contributed by atoms with E-state index in [1.54, 1.807) is 0 Å². The molecule has 14 aromatic rings. The van der Waals surface area contributed by atoms with Gasteiger partial charge in [-0.15, -0.1) is 0 Å². The van der Waals surface area contributed by atoms with Crippen LogP contribution in [0.3, 0.4) is 0 Å². The Morgan fingerprint density at radius 1 is 0.268 bits per heavy atom. The van der Waals surface area contributed by atoms with Crippen molar-refractivity contribution in [2.75, 3.05) is 0 Å². The third-order valence-corrected chi connectivity index (χ3v) is 16.1. The summed E-state index contributed by atoms with van der Waals surface area (Å²) in [6.45, 7) is 0. The van der Waals surface area contributed by atoms with Crippen molar-refractivity contribution in [1.29, 1.82) is 0 Å². The van der Waals surface area contributed by atoms with Crippen molar-refractivity contribution in [3.63, 3.8) is 0 Å². The van der Waals surface area contributed by atoms with Crippen LogP contribution in [0.1, 0.15) is 22.3 Å². The summed E-state index contributed by atoms with van der Waals surface area (Å²) in [5.41, 5.74) is 21.9. The molecule has 0 radical (unpaired) electrons. The zero-order chi connectivity index (χ0) is 55.0. The quantitative estimate of drug-likeness (QED) is 0.139. The molecular formula is C76H51FN4S. The number of benzene rings is 12. The first kappa shape index (κ1) is 50.0. The van der Waals surface area contributed by atoms with Crippen molar-refractivity contribution in [3.8, 4) is 95.5 Å². The van der Waals surface area contributed by atoms with Crippen LogP contribution < -0.4 is 0 Å². The highest BCUT2D eigenvalue weighted by Gasteiger charge is 2.46. The highest BCUT2D eigenvalue weighted by atomic mass is 32.1. The Morgan fingerprint density at radius 2 is 0.634 bits per heavy atom. The largest absolute Gasteiger partial charge is 0.278 e. The lowest BCUT2D eigenvalue weighted by atomic mass is 9.67. The van der Waals surface area contributed by atoms with Gasteiger partial charge >= 0.3 is 0 Å². The van der Waals surface area contributed by atoms with E-state index in [9.17, 15) is 3.89 Å². The molecule has 0 bridgehead atoms. The fourth-order valence-corrected chi connectivity index (χ4v) is 12.3. The molecule has 82 heavy (non-hydrogen) atoms. The molecule has 0 amide bonds. The molecule has 0 saturated heterocycles. The Kier molecular flexibility index (Phi) is 13.1. The van der Waals surface area contributed by atoms with Gasteiger partial charge in [0.25, 0.3) is 0 Å². The van der Waals surface area contributed by atoms with Crippen molar-refractivity contribution in [1.82, 2.24) is 19.5 Å². The Bertz CT molecular complexity index is 4390. The summed E-state index contributed by atoms with van der Waals surface area (Å²) in [4.78, 5) is 16.4. The average Bonchev–Trinajstić information content (AvgIpc) is 3.91. The number of rotatable bonds is 10. The topological polar surface area (TPSA) is 43.6 Å². The molecule has 0 aliphatic heterocycles. The van der Waals surface area contributed by atoms with E-state index in [1.165, 1.54) is 44.5 Å². The van der Waals surface area contributed by atoms with Gasteiger partial charge in [0.2, 0.25) is 5.95 Å². The van der Waals surface area contributed by atoms with Gasteiger partial charge in [0.05, 0.1) is 16.4 Å². The second kappa shape index (κ2) is 21.4. The van der Waals surface area contributed by atoms with Crippen LogP contribution >= 0.6 is 13.0 Å². The van der Waals surface area contributed by atoms with E-state index in [0.717, 1.165) is 77.4 Å². The molecule has 1 aliphatic carbocycles. The van der Waals surface area contributed by atoms with Crippen LogP contribution in [-0.2, 0) is 5.41 Å².